The maximum Gasteiger partial charge on any atom is 0.327 e. The van der Waals surface area contributed by atoms with Gasteiger partial charge in [-0.15, -0.1) is 0 Å². The van der Waals surface area contributed by atoms with Crippen molar-refractivity contribution in [3.63, 3.8) is 0 Å². The maximum absolute atomic E-state index is 11.7. The van der Waals surface area contributed by atoms with Crippen LogP contribution in [-0.2, 0) is 26.9 Å². The second-order valence-corrected chi connectivity index (χ2v) is 5.68. The van der Waals surface area contributed by atoms with Crippen LogP contribution in [0.4, 0.5) is 0 Å². The molecule has 0 fully saturated rings. The molecule has 1 rings (SSSR count). The maximum atomic E-state index is 11.7. The summed E-state index contributed by atoms with van der Waals surface area (Å²) in [6.45, 7) is 1.92. The molecular weight excluding hydrogens is 270 g/mol. The third-order valence-corrected chi connectivity index (χ3v) is 3.82. The van der Waals surface area contributed by atoms with E-state index in [1.807, 2.05) is 4.57 Å². The first-order valence-corrected chi connectivity index (χ1v) is 7.28. The molecule has 1 amide bonds. The van der Waals surface area contributed by atoms with E-state index in [1.54, 1.807) is 18.7 Å². The number of carbonyl (C=O) groups excluding carboxylic acids is 1. The summed E-state index contributed by atoms with van der Waals surface area (Å²) in [4.78, 5) is 25.6. The predicted molar refractivity (Wildman–Crippen MR) is 70.0 cm³/mol. The largest absolute Gasteiger partial charge is 0.480 e. The highest BCUT2D eigenvalue weighted by molar-refractivity contribution is 7.85. The van der Waals surface area contributed by atoms with E-state index < -0.39 is 28.7 Å². The number of hydrogen-bond donors (Lipinski definition) is 2. The van der Waals surface area contributed by atoms with Gasteiger partial charge in [0, 0.05) is 42.4 Å². The van der Waals surface area contributed by atoms with Crippen LogP contribution in [0.3, 0.4) is 0 Å². The minimum atomic E-state index is -1.28. The molecule has 2 unspecified atom stereocenters. The molecule has 0 aliphatic heterocycles. The van der Waals surface area contributed by atoms with Crippen LogP contribution in [0.25, 0.3) is 0 Å². The number of aliphatic carboxylic acids is 1. The van der Waals surface area contributed by atoms with Gasteiger partial charge in [-0.05, 0) is 6.42 Å². The number of nitrogens with zero attached hydrogens (tertiary/aromatic N) is 2. The molecule has 0 aromatic carbocycles. The van der Waals surface area contributed by atoms with Crippen LogP contribution >= 0.6 is 0 Å². The molecule has 0 bridgehead atoms. The fourth-order valence-corrected chi connectivity index (χ4v) is 2.73. The van der Waals surface area contributed by atoms with Crippen molar-refractivity contribution in [2.45, 2.75) is 25.9 Å². The van der Waals surface area contributed by atoms with Crippen molar-refractivity contribution in [1.29, 1.82) is 0 Å². The van der Waals surface area contributed by atoms with Gasteiger partial charge >= 0.3 is 5.97 Å². The highest BCUT2D eigenvalue weighted by atomic mass is 32.2. The number of carbonyl (C=O) groups is 2. The number of carboxylic acids is 1. The summed E-state index contributed by atoms with van der Waals surface area (Å²) in [5, 5.41) is 11.2. The van der Waals surface area contributed by atoms with Gasteiger partial charge in [-0.1, -0.05) is 0 Å². The summed E-state index contributed by atoms with van der Waals surface area (Å²) in [5.74, 6) is -1.29. The topological polar surface area (TPSA) is 101 Å². The Hall–Kier alpha value is -1.70. The minimum Gasteiger partial charge on any atom is -0.480 e. The molecule has 0 aliphatic carbocycles. The van der Waals surface area contributed by atoms with Gasteiger partial charge in [-0.3, -0.25) is 9.00 Å². The summed E-state index contributed by atoms with van der Waals surface area (Å²) in [5.41, 5.74) is 0. The Bertz CT molecular complexity index is 447. The van der Waals surface area contributed by atoms with Crippen LogP contribution < -0.4 is 5.32 Å². The third-order valence-electron chi connectivity index (χ3n) is 2.38. The lowest BCUT2D eigenvalue weighted by molar-refractivity contribution is -0.140. The van der Waals surface area contributed by atoms with Crippen LogP contribution in [0.5, 0.6) is 0 Å². The lowest BCUT2D eigenvalue weighted by atomic mass is 10.3. The Morgan fingerprint density at radius 2 is 2.26 bits per heavy atom. The zero-order valence-electron chi connectivity index (χ0n) is 10.6. The average Bonchev–Trinajstić information content (AvgIpc) is 2.80. The molecule has 7 nitrogen and oxygen atoms in total. The molecule has 2 atom stereocenters. The lowest BCUT2D eigenvalue weighted by Crippen LogP contribution is -2.43. The van der Waals surface area contributed by atoms with E-state index in [9.17, 15) is 13.8 Å². The van der Waals surface area contributed by atoms with Crippen LogP contribution in [0.2, 0.25) is 0 Å². The van der Waals surface area contributed by atoms with E-state index >= 15 is 0 Å². The zero-order chi connectivity index (χ0) is 14.3. The summed E-state index contributed by atoms with van der Waals surface area (Å²) in [7, 11) is -1.28. The summed E-state index contributed by atoms with van der Waals surface area (Å²) in [6, 6.07) is -1.09. The molecule has 1 aromatic rings. The Morgan fingerprint density at radius 1 is 1.53 bits per heavy atom. The molecule has 0 radical (unpaired) electrons. The monoisotopic (exact) mass is 287 g/mol. The quantitative estimate of drug-likeness (QED) is 0.678. The molecule has 19 heavy (non-hydrogen) atoms. The Labute approximate surface area is 113 Å². The van der Waals surface area contributed by atoms with Crippen molar-refractivity contribution in [1.82, 2.24) is 14.9 Å². The van der Waals surface area contributed by atoms with Crippen molar-refractivity contribution < 1.29 is 18.9 Å². The van der Waals surface area contributed by atoms with Crippen LogP contribution in [0.1, 0.15) is 13.3 Å². The molecule has 8 heteroatoms. The highest BCUT2D eigenvalue weighted by Crippen LogP contribution is 1.97. The van der Waals surface area contributed by atoms with Gasteiger partial charge in [0.05, 0.1) is 12.1 Å². The molecule has 106 valence electrons. The van der Waals surface area contributed by atoms with Crippen molar-refractivity contribution in [3.05, 3.63) is 18.7 Å². The van der Waals surface area contributed by atoms with Gasteiger partial charge in [-0.25, -0.2) is 9.78 Å². The van der Waals surface area contributed by atoms with Crippen molar-refractivity contribution >= 4 is 22.7 Å². The standard InChI is InChI=1S/C11H17N3O4S/c1-9(15)13-10(11(16)17)7-19(18)6-2-4-14-5-3-12-8-14/h3,5,8,10H,2,4,6-7H2,1H3,(H,13,15)(H,16,17). The highest BCUT2D eigenvalue weighted by Gasteiger charge is 2.20. The number of aromatic nitrogens is 2. The molecule has 0 aliphatic rings. The number of nitrogens with one attached hydrogen (secondary N) is 1. The van der Waals surface area contributed by atoms with E-state index in [4.69, 9.17) is 5.11 Å². The van der Waals surface area contributed by atoms with Gasteiger partial charge in [0.1, 0.15) is 6.04 Å². The number of carboxylic acid groups (broad SMARTS) is 1. The fraction of sp³-hybridized carbons (Fsp3) is 0.545. The van der Waals surface area contributed by atoms with Gasteiger partial charge in [0.2, 0.25) is 5.91 Å². The first kappa shape index (κ1) is 15.4. The van der Waals surface area contributed by atoms with E-state index in [1.165, 1.54) is 6.92 Å². The average molecular weight is 287 g/mol. The van der Waals surface area contributed by atoms with Crippen LogP contribution in [0.15, 0.2) is 18.7 Å². The van der Waals surface area contributed by atoms with E-state index in [-0.39, 0.29) is 5.75 Å². The SMILES string of the molecule is CC(=O)NC(CS(=O)CCCn1ccnc1)C(=O)O. The van der Waals surface area contributed by atoms with Crippen LogP contribution in [0, 0.1) is 0 Å². The van der Waals surface area contributed by atoms with E-state index in [2.05, 4.69) is 10.3 Å². The molecule has 0 saturated carbocycles. The van der Waals surface area contributed by atoms with Crippen molar-refractivity contribution in [3.8, 4) is 0 Å². The smallest absolute Gasteiger partial charge is 0.327 e. The first-order valence-electron chi connectivity index (χ1n) is 5.79. The van der Waals surface area contributed by atoms with E-state index in [0.29, 0.717) is 18.7 Å². The Morgan fingerprint density at radius 3 is 2.79 bits per heavy atom. The number of amides is 1. The Balaban J connectivity index is 2.32. The number of imidazole rings is 1. The predicted octanol–water partition coefficient (Wildman–Crippen LogP) is -0.389. The summed E-state index contributed by atoms with van der Waals surface area (Å²) in [6.07, 6.45) is 5.80. The number of hydrogen-bond acceptors (Lipinski definition) is 4. The summed E-state index contributed by atoms with van der Waals surface area (Å²) >= 11 is 0. The fourth-order valence-electron chi connectivity index (χ4n) is 1.52. The van der Waals surface area contributed by atoms with Gasteiger partial charge in [0.15, 0.2) is 0 Å². The first-order chi connectivity index (χ1) is 8.99. The Kier molecular flexibility index (Phi) is 6.20. The summed E-state index contributed by atoms with van der Waals surface area (Å²) < 4.78 is 13.6. The number of aryl methyl sites for hydroxylation is 1. The molecule has 1 heterocycles. The second kappa shape index (κ2) is 7.67. The van der Waals surface area contributed by atoms with Crippen LogP contribution in [-0.4, -0.2) is 48.3 Å². The van der Waals surface area contributed by atoms with Gasteiger partial charge in [-0.2, -0.15) is 0 Å². The normalized spacial score (nSPS) is 13.7. The van der Waals surface area contributed by atoms with Crippen molar-refractivity contribution in [2.24, 2.45) is 0 Å². The molecular formula is C11H17N3O4S. The molecule has 0 saturated heterocycles. The number of rotatable bonds is 8. The van der Waals surface area contributed by atoms with Crippen molar-refractivity contribution in [2.75, 3.05) is 11.5 Å². The molecule has 1 aromatic heterocycles. The second-order valence-electron chi connectivity index (χ2n) is 4.06. The van der Waals surface area contributed by atoms with E-state index in [0.717, 1.165) is 0 Å². The minimum absolute atomic E-state index is 0.0706. The van der Waals surface area contributed by atoms with Gasteiger partial charge < -0.3 is 15.0 Å². The molecule has 2 N–H and O–H groups in total. The van der Waals surface area contributed by atoms with Gasteiger partial charge in [0.25, 0.3) is 0 Å². The third kappa shape index (κ3) is 6.14. The molecule has 0 spiro atoms. The lowest BCUT2D eigenvalue weighted by Gasteiger charge is -2.12. The zero-order valence-corrected chi connectivity index (χ0v) is 11.4.